The lowest BCUT2D eigenvalue weighted by atomic mass is 10.1. The molecule has 0 radical (unpaired) electrons. The fourth-order valence-electron chi connectivity index (χ4n) is 3.09. The second-order valence-corrected chi connectivity index (χ2v) is 6.53. The minimum absolute atomic E-state index is 0.134. The Bertz CT molecular complexity index is 1150. The highest BCUT2D eigenvalue weighted by atomic mass is 19.1. The molecule has 0 unspecified atom stereocenters. The van der Waals surface area contributed by atoms with Crippen molar-refractivity contribution in [3.63, 3.8) is 0 Å². The summed E-state index contributed by atoms with van der Waals surface area (Å²) < 4.78 is 16.1. The van der Waals surface area contributed by atoms with E-state index in [0.717, 1.165) is 22.2 Å². The van der Waals surface area contributed by atoms with Gasteiger partial charge in [-0.2, -0.15) is 0 Å². The average molecular weight is 359 g/mol. The Balaban J connectivity index is 1.69. The number of carbonyl (C=O) groups excluding carboxylic acids is 1. The molecule has 1 N–H and O–H groups in total. The average Bonchev–Trinajstić information content (AvgIpc) is 3.18. The molecule has 0 aliphatic carbocycles. The lowest BCUT2D eigenvalue weighted by molar-refractivity contribution is 0.102. The van der Waals surface area contributed by atoms with Gasteiger partial charge in [-0.05, 0) is 62.4 Å². The van der Waals surface area contributed by atoms with E-state index in [2.05, 4.69) is 10.3 Å². The first-order valence-corrected chi connectivity index (χ1v) is 8.63. The summed E-state index contributed by atoms with van der Waals surface area (Å²) >= 11 is 0. The quantitative estimate of drug-likeness (QED) is 0.557. The number of nitrogens with zero attached hydrogens (tertiary/aromatic N) is 2. The molecule has 0 fully saturated rings. The highest BCUT2D eigenvalue weighted by Crippen LogP contribution is 2.22. The fraction of sp³-hybridized carbons (Fsp3) is 0.0909. The van der Waals surface area contributed by atoms with Crippen LogP contribution in [0.2, 0.25) is 0 Å². The molecule has 1 amide bonds. The van der Waals surface area contributed by atoms with Gasteiger partial charge in [-0.1, -0.05) is 11.6 Å². The normalized spacial score (nSPS) is 10.9. The highest BCUT2D eigenvalue weighted by Gasteiger charge is 2.14. The van der Waals surface area contributed by atoms with Crippen LogP contribution in [0.3, 0.4) is 0 Å². The van der Waals surface area contributed by atoms with Crippen LogP contribution >= 0.6 is 0 Å². The van der Waals surface area contributed by atoms with Crippen LogP contribution < -0.4 is 5.32 Å². The summed E-state index contributed by atoms with van der Waals surface area (Å²) in [6.45, 7) is 3.77. The molecule has 134 valence electrons. The van der Waals surface area contributed by atoms with Gasteiger partial charge in [-0.25, -0.2) is 4.39 Å². The third-order valence-corrected chi connectivity index (χ3v) is 4.51. The zero-order valence-corrected chi connectivity index (χ0v) is 15.0. The second-order valence-electron chi connectivity index (χ2n) is 6.53. The summed E-state index contributed by atoms with van der Waals surface area (Å²) in [6.07, 6.45) is 3.72. The molecular formula is C22H18FN3O. The van der Waals surface area contributed by atoms with Crippen molar-refractivity contribution in [1.29, 1.82) is 0 Å². The molecule has 2 aromatic heterocycles. The zero-order chi connectivity index (χ0) is 19.0. The first-order valence-electron chi connectivity index (χ1n) is 8.63. The highest BCUT2D eigenvalue weighted by molar-refractivity contribution is 6.07. The van der Waals surface area contributed by atoms with E-state index in [9.17, 15) is 9.18 Å². The predicted octanol–water partition coefficient (Wildman–Crippen LogP) is 5.03. The van der Waals surface area contributed by atoms with Crippen molar-refractivity contribution < 1.29 is 9.18 Å². The zero-order valence-electron chi connectivity index (χ0n) is 15.0. The summed E-state index contributed by atoms with van der Waals surface area (Å²) in [6, 6.07) is 16.1. The van der Waals surface area contributed by atoms with Crippen molar-refractivity contribution in [3.05, 3.63) is 89.6 Å². The Hall–Kier alpha value is -3.47. The molecular weight excluding hydrogens is 341 g/mol. The molecule has 2 heterocycles. The van der Waals surface area contributed by atoms with Crippen molar-refractivity contribution >= 4 is 22.5 Å². The summed E-state index contributed by atoms with van der Waals surface area (Å²) in [5, 5.41) is 3.56. The SMILES string of the molecule is Cc1ccc2nc(C)c(C(=O)Nc3cc(-n4cccc4)ccc3F)cc2c1. The van der Waals surface area contributed by atoms with Crippen molar-refractivity contribution in [2.24, 2.45) is 0 Å². The maximum atomic E-state index is 14.3. The van der Waals surface area contributed by atoms with E-state index in [1.54, 1.807) is 25.1 Å². The summed E-state index contributed by atoms with van der Waals surface area (Å²) in [4.78, 5) is 17.3. The van der Waals surface area contributed by atoms with Gasteiger partial charge in [0.2, 0.25) is 0 Å². The Morgan fingerprint density at radius 3 is 2.59 bits per heavy atom. The second kappa shape index (κ2) is 6.68. The summed E-state index contributed by atoms with van der Waals surface area (Å²) in [5.74, 6) is -0.867. The number of benzene rings is 2. The van der Waals surface area contributed by atoms with Crippen molar-refractivity contribution in [2.75, 3.05) is 5.32 Å². The molecule has 4 rings (SSSR count). The summed E-state index contributed by atoms with van der Waals surface area (Å²) in [7, 11) is 0. The Morgan fingerprint density at radius 1 is 1.04 bits per heavy atom. The maximum Gasteiger partial charge on any atom is 0.257 e. The van der Waals surface area contributed by atoms with Crippen LogP contribution in [-0.4, -0.2) is 15.5 Å². The molecule has 0 saturated heterocycles. The van der Waals surface area contributed by atoms with Gasteiger partial charge >= 0.3 is 0 Å². The fourth-order valence-corrected chi connectivity index (χ4v) is 3.09. The summed E-state index contributed by atoms with van der Waals surface area (Å²) in [5.41, 5.74) is 3.85. The molecule has 0 saturated carbocycles. The first-order chi connectivity index (χ1) is 13.0. The van der Waals surface area contributed by atoms with Crippen molar-refractivity contribution in [1.82, 2.24) is 9.55 Å². The van der Waals surface area contributed by atoms with E-state index in [1.165, 1.54) is 6.07 Å². The van der Waals surface area contributed by atoms with Crippen LogP contribution in [-0.2, 0) is 0 Å². The number of pyridine rings is 1. The number of aryl methyl sites for hydroxylation is 2. The predicted molar refractivity (Wildman–Crippen MR) is 105 cm³/mol. The number of nitrogens with one attached hydrogen (secondary N) is 1. The van der Waals surface area contributed by atoms with Gasteiger partial charge in [-0.3, -0.25) is 9.78 Å². The van der Waals surface area contributed by atoms with Gasteiger partial charge in [0.25, 0.3) is 5.91 Å². The molecule has 4 nitrogen and oxygen atoms in total. The monoisotopic (exact) mass is 359 g/mol. The molecule has 0 bridgehead atoms. The number of rotatable bonds is 3. The van der Waals surface area contributed by atoms with Crippen LogP contribution in [0.4, 0.5) is 10.1 Å². The van der Waals surface area contributed by atoms with Crippen molar-refractivity contribution in [3.8, 4) is 5.69 Å². The number of anilines is 1. The van der Waals surface area contributed by atoms with Gasteiger partial charge in [0.05, 0.1) is 22.5 Å². The Morgan fingerprint density at radius 2 is 1.81 bits per heavy atom. The van der Waals surface area contributed by atoms with E-state index in [1.807, 2.05) is 54.2 Å². The smallest absolute Gasteiger partial charge is 0.257 e. The van der Waals surface area contributed by atoms with Gasteiger partial charge in [-0.15, -0.1) is 0 Å². The van der Waals surface area contributed by atoms with Crippen molar-refractivity contribution in [2.45, 2.75) is 13.8 Å². The molecule has 2 aromatic carbocycles. The standard InChI is InChI=1S/C22H18FN3O/c1-14-5-8-20-16(11-14)12-18(15(2)24-20)22(27)25-21-13-17(6-7-19(21)23)26-9-3-4-10-26/h3-13H,1-2H3,(H,25,27). The van der Waals surface area contributed by atoms with Crippen LogP contribution in [0.25, 0.3) is 16.6 Å². The Labute approximate surface area is 156 Å². The third kappa shape index (κ3) is 3.31. The van der Waals surface area contributed by atoms with Crippen LogP contribution in [0.15, 0.2) is 67.0 Å². The topological polar surface area (TPSA) is 46.9 Å². The molecule has 4 aromatic rings. The largest absolute Gasteiger partial charge is 0.324 e. The molecule has 0 aliphatic heterocycles. The Kier molecular flexibility index (Phi) is 4.20. The first kappa shape index (κ1) is 17.0. The number of amides is 1. The molecule has 5 heteroatoms. The molecule has 0 spiro atoms. The number of aromatic nitrogens is 2. The minimum atomic E-state index is -0.485. The van der Waals surface area contributed by atoms with Gasteiger partial charge in [0.15, 0.2) is 0 Å². The van der Waals surface area contributed by atoms with E-state index in [4.69, 9.17) is 0 Å². The van der Waals surface area contributed by atoms with E-state index in [-0.39, 0.29) is 11.6 Å². The van der Waals surface area contributed by atoms with E-state index in [0.29, 0.717) is 11.3 Å². The number of fused-ring (bicyclic) bond motifs is 1. The maximum absolute atomic E-state index is 14.3. The number of hydrogen-bond acceptors (Lipinski definition) is 2. The lowest BCUT2D eigenvalue weighted by Crippen LogP contribution is -2.15. The van der Waals surface area contributed by atoms with Gasteiger partial charge < -0.3 is 9.88 Å². The minimum Gasteiger partial charge on any atom is -0.324 e. The number of hydrogen-bond donors (Lipinski definition) is 1. The van der Waals surface area contributed by atoms with Crippen LogP contribution in [0, 0.1) is 19.7 Å². The third-order valence-electron chi connectivity index (χ3n) is 4.51. The molecule has 0 atom stereocenters. The number of halogens is 1. The molecule has 0 aliphatic rings. The molecule has 27 heavy (non-hydrogen) atoms. The van der Waals surface area contributed by atoms with Crippen LogP contribution in [0.5, 0.6) is 0 Å². The van der Waals surface area contributed by atoms with Crippen LogP contribution in [0.1, 0.15) is 21.6 Å². The van der Waals surface area contributed by atoms with E-state index < -0.39 is 5.82 Å². The van der Waals surface area contributed by atoms with Gasteiger partial charge in [0, 0.05) is 23.5 Å². The lowest BCUT2D eigenvalue weighted by Gasteiger charge is -2.11. The van der Waals surface area contributed by atoms with Gasteiger partial charge in [0.1, 0.15) is 5.82 Å². The van der Waals surface area contributed by atoms with E-state index >= 15 is 0 Å². The number of carbonyl (C=O) groups is 1.